The van der Waals surface area contributed by atoms with Crippen molar-refractivity contribution in [1.82, 2.24) is 9.97 Å². The maximum Gasteiger partial charge on any atom is 0.201 e. The number of nitrogens with zero attached hydrogens (tertiary/aromatic N) is 1. The first-order valence-corrected chi connectivity index (χ1v) is 6.81. The van der Waals surface area contributed by atoms with Gasteiger partial charge in [0.25, 0.3) is 0 Å². The molecule has 0 unspecified atom stereocenters. The number of aromatic amines is 1. The first-order chi connectivity index (χ1) is 9.85. The Morgan fingerprint density at radius 1 is 1.00 bits per heavy atom. The lowest BCUT2D eigenvalue weighted by molar-refractivity contribution is 0.965. The second kappa shape index (κ2) is 5.75. The summed E-state index contributed by atoms with van der Waals surface area (Å²) in [6, 6.07) is 16.5. The average Bonchev–Trinajstić information content (AvgIpc) is 2.90. The van der Waals surface area contributed by atoms with Gasteiger partial charge in [-0.15, -0.1) is 0 Å². The van der Waals surface area contributed by atoms with Crippen LogP contribution in [0.25, 0.3) is 11.0 Å². The van der Waals surface area contributed by atoms with Gasteiger partial charge in [-0.2, -0.15) is 0 Å². The van der Waals surface area contributed by atoms with Gasteiger partial charge in [0.2, 0.25) is 5.95 Å². The Kier molecular flexibility index (Phi) is 3.65. The minimum Gasteiger partial charge on any atom is -0.352 e. The lowest BCUT2D eigenvalue weighted by atomic mass is 10.1. The van der Waals surface area contributed by atoms with Crippen LogP contribution in [0.5, 0.6) is 0 Å². The van der Waals surface area contributed by atoms with Crippen molar-refractivity contribution in [1.29, 1.82) is 0 Å². The van der Waals surface area contributed by atoms with Gasteiger partial charge in [-0.3, -0.25) is 0 Å². The molecule has 0 aliphatic carbocycles. The Bertz CT molecular complexity index is 652. The van der Waals surface area contributed by atoms with Crippen LogP contribution in [0, 0.1) is 0 Å². The van der Waals surface area contributed by atoms with Gasteiger partial charge in [-0.1, -0.05) is 36.4 Å². The Hall–Kier alpha value is -2.33. The van der Waals surface area contributed by atoms with Crippen LogP contribution in [0.1, 0.15) is 11.1 Å². The monoisotopic (exact) mass is 266 g/mol. The Labute approximate surface area is 118 Å². The lowest BCUT2D eigenvalue weighted by Gasteiger charge is -2.04. The molecule has 0 aliphatic rings. The third kappa shape index (κ3) is 2.81. The highest BCUT2D eigenvalue weighted by atomic mass is 15.1. The standard InChI is InChI=1S/C16H18N4/c17-10-9-12-5-7-13(8-6-12)11-18-16-19-14-3-1-2-4-15(14)20-16/h1-8H,9-11,17H2,(H2,18,19,20). The maximum absolute atomic E-state index is 5.55. The normalized spacial score (nSPS) is 10.8. The molecule has 2 aromatic carbocycles. The number of nitrogens with two attached hydrogens (primary N) is 1. The number of imidazole rings is 1. The fourth-order valence-corrected chi connectivity index (χ4v) is 2.21. The largest absolute Gasteiger partial charge is 0.352 e. The van der Waals surface area contributed by atoms with E-state index in [-0.39, 0.29) is 0 Å². The summed E-state index contributed by atoms with van der Waals surface area (Å²) in [5.41, 5.74) is 10.1. The predicted octanol–water partition coefficient (Wildman–Crippen LogP) is 2.68. The number of anilines is 1. The average molecular weight is 266 g/mol. The molecule has 4 nitrogen and oxygen atoms in total. The van der Waals surface area contributed by atoms with E-state index in [2.05, 4.69) is 39.6 Å². The van der Waals surface area contributed by atoms with Crippen molar-refractivity contribution >= 4 is 17.0 Å². The minimum absolute atomic E-state index is 0.691. The Morgan fingerprint density at radius 3 is 2.50 bits per heavy atom. The molecule has 0 fully saturated rings. The van der Waals surface area contributed by atoms with E-state index in [1.165, 1.54) is 11.1 Å². The molecule has 1 heterocycles. The minimum atomic E-state index is 0.691. The van der Waals surface area contributed by atoms with Crippen LogP contribution >= 0.6 is 0 Å². The molecule has 0 bridgehead atoms. The van der Waals surface area contributed by atoms with Crippen LogP contribution in [-0.4, -0.2) is 16.5 Å². The fourth-order valence-electron chi connectivity index (χ4n) is 2.21. The molecule has 1 aromatic heterocycles. The predicted molar refractivity (Wildman–Crippen MR) is 82.6 cm³/mol. The highest BCUT2D eigenvalue weighted by molar-refractivity contribution is 5.77. The molecule has 3 rings (SSSR count). The maximum atomic E-state index is 5.55. The first kappa shape index (κ1) is 12.7. The number of para-hydroxylation sites is 2. The van der Waals surface area contributed by atoms with E-state index in [4.69, 9.17) is 5.73 Å². The molecule has 0 aliphatic heterocycles. The molecule has 3 aromatic rings. The summed E-state index contributed by atoms with van der Waals surface area (Å²) in [5, 5.41) is 3.31. The van der Waals surface area contributed by atoms with Crippen LogP contribution in [0.15, 0.2) is 48.5 Å². The molecule has 4 N–H and O–H groups in total. The van der Waals surface area contributed by atoms with E-state index in [1.807, 2.05) is 24.3 Å². The van der Waals surface area contributed by atoms with Crippen molar-refractivity contribution in [3.63, 3.8) is 0 Å². The zero-order chi connectivity index (χ0) is 13.8. The van der Waals surface area contributed by atoms with E-state index >= 15 is 0 Å². The van der Waals surface area contributed by atoms with Gasteiger partial charge >= 0.3 is 0 Å². The van der Waals surface area contributed by atoms with E-state index < -0.39 is 0 Å². The molecule has 0 saturated heterocycles. The van der Waals surface area contributed by atoms with Crippen molar-refractivity contribution < 1.29 is 0 Å². The molecular weight excluding hydrogens is 248 g/mol. The molecule has 0 amide bonds. The van der Waals surface area contributed by atoms with Gasteiger partial charge in [0.05, 0.1) is 11.0 Å². The zero-order valence-electron chi connectivity index (χ0n) is 11.3. The number of rotatable bonds is 5. The third-order valence-corrected chi connectivity index (χ3v) is 3.31. The van der Waals surface area contributed by atoms with Crippen LogP contribution < -0.4 is 11.1 Å². The van der Waals surface area contributed by atoms with Crippen molar-refractivity contribution in [3.05, 3.63) is 59.7 Å². The van der Waals surface area contributed by atoms with E-state index in [0.717, 1.165) is 29.9 Å². The highest BCUT2D eigenvalue weighted by Gasteiger charge is 2.01. The summed E-state index contributed by atoms with van der Waals surface area (Å²) in [6.45, 7) is 1.44. The van der Waals surface area contributed by atoms with Gasteiger partial charge < -0.3 is 16.0 Å². The smallest absolute Gasteiger partial charge is 0.201 e. The highest BCUT2D eigenvalue weighted by Crippen LogP contribution is 2.14. The van der Waals surface area contributed by atoms with Crippen molar-refractivity contribution in [2.24, 2.45) is 5.73 Å². The summed E-state index contributed by atoms with van der Waals surface area (Å²) in [4.78, 5) is 7.75. The number of fused-ring (bicyclic) bond motifs is 1. The van der Waals surface area contributed by atoms with Gasteiger partial charge in [-0.05, 0) is 36.2 Å². The van der Waals surface area contributed by atoms with E-state index in [1.54, 1.807) is 0 Å². The Balaban J connectivity index is 1.66. The number of hydrogen-bond donors (Lipinski definition) is 3. The SMILES string of the molecule is NCCc1ccc(CNc2nc3ccccc3[nH]2)cc1. The summed E-state index contributed by atoms with van der Waals surface area (Å²) in [7, 11) is 0. The second-order valence-electron chi connectivity index (χ2n) is 4.81. The molecule has 0 saturated carbocycles. The number of H-pyrrole nitrogens is 1. The van der Waals surface area contributed by atoms with Crippen LogP contribution in [-0.2, 0) is 13.0 Å². The molecule has 0 atom stereocenters. The van der Waals surface area contributed by atoms with Crippen molar-refractivity contribution in [3.8, 4) is 0 Å². The number of benzene rings is 2. The third-order valence-electron chi connectivity index (χ3n) is 3.31. The van der Waals surface area contributed by atoms with E-state index in [0.29, 0.717) is 6.54 Å². The van der Waals surface area contributed by atoms with Crippen LogP contribution in [0.2, 0.25) is 0 Å². The molecule has 4 heteroatoms. The molecule has 20 heavy (non-hydrogen) atoms. The van der Waals surface area contributed by atoms with Gasteiger partial charge in [0.15, 0.2) is 0 Å². The summed E-state index contributed by atoms with van der Waals surface area (Å²) < 4.78 is 0. The van der Waals surface area contributed by atoms with Gasteiger partial charge in [-0.25, -0.2) is 4.98 Å². The molecule has 0 spiro atoms. The summed E-state index contributed by atoms with van der Waals surface area (Å²) >= 11 is 0. The molecule has 102 valence electrons. The van der Waals surface area contributed by atoms with Crippen LogP contribution in [0.4, 0.5) is 5.95 Å². The molecular formula is C16H18N4. The summed E-state index contributed by atoms with van der Waals surface area (Å²) in [6.07, 6.45) is 0.928. The topological polar surface area (TPSA) is 66.7 Å². The quantitative estimate of drug-likeness (QED) is 0.665. The van der Waals surface area contributed by atoms with Gasteiger partial charge in [0, 0.05) is 6.54 Å². The summed E-state index contributed by atoms with van der Waals surface area (Å²) in [5.74, 6) is 0.803. The Morgan fingerprint density at radius 2 is 1.75 bits per heavy atom. The zero-order valence-corrected chi connectivity index (χ0v) is 11.3. The van der Waals surface area contributed by atoms with Crippen molar-refractivity contribution in [2.45, 2.75) is 13.0 Å². The number of nitrogens with one attached hydrogen (secondary N) is 2. The lowest BCUT2D eigenvalue weighted by Crippen LogP contribution is -2.03. The number of hydrogen-bond acceptors (Lipinski definition) is 3. The first-order valence-electron chi connectivity index (χ1n) is 6.81. The van der Waals surface area contributed by atoms with Gasteiger partial charge in [0.1, 0.15) is 0 Å². The number of aromatic nitrogens is 2. The fraction of sp³-hybridized carbons (Fsp3) is 0.188. The van der Waals surface area contributed by atoms with E-state index in [9.17, 15) is 0 Å². The van der Waals surface area contributed by atoms with Crippen LogP contribution in [0.3, 0.4) is 0 Å². The second-order valence-corrected chi connectivity index (χ2v) is 4.81. The van der Waals surface area contributed by atoms with Crippen molar-refractivity contribution in [2.75, 3.05) is 11.9 Å². The molecule has 0 radical (unpaired) electrons.